The molecule has 0 saturated carbocycles. The fourth-order valence-corrected chi connectivity index (χ4v) is 5.21. The standard InChI is InChI=1S/C25H24N4OS/c1-14-7-5-9-18(11-14)23-22(26-17(4)31-23)25(30)29-13-15(2)12-20(29)24-27-19-10-6-8-16(3)21(19)28-24/h5-11,20H,2,12-13H2,1,3-4H3,(H,27,28)/t20-/m0/s1. The summed E-state index contributed by atoms with van der Waals surface area (Å²) in [5.74, 6) is 0.738. The van der Waals surface area contributed by atoms with E-state index in [1.165, 1.54) is 0 Å². The van der Waals surface area contributed by atoms with Gasteiger partial charge in [-0.1, -0.05) is 54.1 Å². The second kappa shape index (κ2) is 7.46. The molecule has 0 unspecified atom stereocenters. The Labute approximate surface area is 185 Å². The van der Waals surface area contributed by atoms with E-state index in [9.17, 15) is 4.79 Å². The molecule has 1 atom stereocenters. The van der Waals surface area contributed by atoms with Crippen molar-refractivity contribution in [2.75, 3.05) is 6.54 Å². The van der Waals surface area contributed by atoms with Crippen molar-refractivity contribution in [2.24, 2.45) is 0 Å². The molecule has 1 fully saturated rings. The minimum atomic E-state index is -0.167. The predicted octanol–water partition coefficient (Wildman–Crippen LogP) is 5.76. The average Bonchev–Trinajstić information content (AvgIpc) is 3.44. The number of aryl methyl sites for hydroxylation is 3. The van der Waals surface area contributed by atoms with Gasteiger partial charge in [0.25, 0.3) is 5.91 Å². The first-order valence-corrected chi connectivity index (χ1v) is 11.2. The lowest BCUT2D eigenvalue weighted by Gasteiger charge is -2.22. The van der Waals surface area contributed by atoms with Crippen molar-refractivity contribution in [1.29, 1.82) is 0 Å². The Bertz CT molecular complexity index is 1330. The first-order chi connectivity index (χ1) is 14.9. The van der Waals surface area contributed by atoms with E-state index < -0.39 is 0 Å². The molecule has 5 rings (SSSR count). The molecule has 1 aliphatic rings. The number of amides is 1. The SMILES string of the molecule is C=C1C[C@@H](c2nc3cccc(C)c3[nH]2)N(C(=O)c2nc(C)sc2-c2cccc(C)c2)C1. The Hall–Kier alpha value is -3.25. The second-order valence-corrected chi connectivity index (χ2v) is 9.48. The molecule has 156 valence electrons. The fraction of sp³-hybridized carbons (Fsp3) is 0.240. The number of carbonyl (C=O) groups is 1. The molecule has 31 heavy (non-hydrogen) atoms. The maximum absolute atomic E-state index is 13.7. The third-order valence-corrected chi connectivity index (χ3v) is 6.81. The van der Waals surface area contributed by atoms with Crippen LogP contribution in [0.25, 0.3) is 21.5 Å². The van der Waals surface area contributed by atoms with Crippen LogP contribution in [0.2, 0.25) is 0 Å². The number of nitrogens with one attached hydrogen (secondary N) is 1. The van der Waals surface area contributed by atoms with Gasteiger partial charge in [0.2, 0.25) is 0 Å². The van der Waals surface area contributed by atoms with Crippen molar-refractivity contribution in [3.8, 4) is 10.4 Å². The maximum Gasteiger partial charge on any atom is 0.274 e. The van der Waals surface area contributed by atoms with Crippen LogP contribution in [0, 0.1) is 20.8 Å². The van der Waals surface area contributed by atoms with E-state index in [1.807, 2.05) is 36.1 Å². The lowest BCUT2D eigenvalue weighted by atomic mass is 10.1. The first kappa shape index (κ1) is 19.7. The summed E-state index contributed by atoms with van der Waals surface area (Å²) in [6, 6.07) is 14.1. The summed E-state index contributed by atoms with van der Waals surface area (Å²) < 4.78 is 0. The number of aromatic amines is 1. The molecule has 0 radical (unpaired) electrons. The van der Waals surface area contributed by atoms with E-state index >= 15 is 0 Å². The summed E-state index contributed by atoms with van der Waals surface area (Å²) in [7, 11) is 0. The predicted molar refractivity (Wildman–Crippen MR) is 125 cm³/mol. The number of carbonyl (C=O) groups excluding carboxylic acids is 1. The summed E-state index contributed by atoms with van der Waals surface area (Å²) in [5.41, 5.74) is 6.81. The molecule has 2 aromatic carbocycles. The highest BCUT2D eigenvalue weighted by molar-refractivity contribution is 7.15. The van der Waals surface area contributed by atoms with Crippen LogP contribution >= 0.6 is 11.3 Å². The zero-order valence-electron chi connectivity index (χ0n) is 17.9. The molecule has 1 saturated heterocycles. The Morgan fingerprint density at radius 2 is 1.97 bits per heavy atom. The monoisotopic (exact) mass is 428 g/mol. The van der Waals surface area contributed by atoms with Crippen molar-refractivity contribution >= 4 is 28.3 Å². The van der Waals surface area contributed by atoms with Crippen molar-refractivity contribution in [3.05, 3.63) is 82.3 Å². The van der Waals surface area contributed by atoms with Gasteiger partial charge in [0, 0.05) is 6.54 Å². The highest BCUT2D eigenvalue weighted by atomic mass is 32.1. The second-order valence-electron chi connectivity index (χ2n) is 8.27. The number of rotatable bonds is 3. The van der Waals surface area contributed by atoms with Crippen LogP contribution < -0.4 is 0 Å². The van der Waals surface area contributed by atoms with Gasteiger partial charge in [-0.15, -0.1) is 11.3 Å². The molecule has 0 aliphatic carbocycles. The number of likely N-dealkylation sites (tertiary alicyclic amines) is 1. The Morgan fingerprint density at radius 1 is 1.16 bits per heavy atom. The number of fused-ring (bicyclic) bond motifs is 1. The largest absolute Gasteiger partial charge is 0.340 e. The van der Waals surface area contributed by atoms with Crippen molar-refractivity contribution in [2.45, 2.75) is 33.2 Å². The van der Waals surface area contributed by atoms with E-state index in [2.05, 4.69) is 48.6 Å². The van der Waals surface area contributed by atoms with Gasteiger partial charge < -0.3 is 9.88 Å². The number of imidazole rings is 1. The number of nitrogens with zero attached hydrogens (tertiary/aromatic N) is 3. The lowest BCUT2D eigenvalue weighted by Crippen LogP contribution is -2.31. The average molecular weight is 429 g/mol. The summed E-state index contributed by atoms with van der Waals surface area (Å²) in [6.07, 6.45) is 0.702. The molecule has 2 aromatic heterocycles. The molecule has 4 aromatic rings. The quantitative estimate of drug-likeness (QED) is 0.422. The summed E-state index contributed by atoms with van der Waals surface area (Å²) in [6.45, 7) is 10.8. The van der Waals surface area contributed by atoms with Crippen molar-refractivity contribution in [1.82, 2.24) is 19.9 Å². The lowest BCUT2D eigenvalue weighted by molar-refractivity contribution is 0.0728. The van der Waals surface area contributed by atoms with Gasteiger partial charge in [-0.25, -0.2) is 9.97 Å². The van der Waals surface area contributed by atoms with Gasteiger partial charge in [0.1, 0.15) is 11.5 Å². The Balaban J connectivity index is 1.55. The third-order valence-electron chi connectivity index (χ3n) is 5.79. The van der Waals surface area contributed by atoms with Gasteiger partial charge in [-0.3, -0.25) is 4.79 Å². The molecular weight excluding hydrogens is 404 g/mol. The van der Waals surface area contributed by atoms with E-state index in [1.54, 1.807) is 11.3 Å². The van der Waals surface area contributed by atoms with Crippen LogP contribution in [0.1, 0.15) is 44.9 Å². The highest BCUT2D eigenvalue weighted by Crippen LogP contribution is 2.38. The Kier molecular flexibility index (Phi) is 4.74. The molecule has 5 nitrogen and oxygen atoms in total. The van der Waals surface area contributed by atoms with Gasteiger partial charge >= 0.3 is 0 Å². The molecular formula is C25H24N4OS. The Morgan fingerprint density at radius 3 is 2.74 bits per heavy atom. The molecule has 6 heteroatoms. The normalized spacial score (nSPS) is 16.4. The van der Waals surface area contributed by atoms with E-state index in [0.717, 1.165) is 49.0 Å². The van der Waals surface area contributed by atoms with Crippen LogP contribution in [-0.4, -0.2) is 32.3 Å². The maximum atomic E-state index is 13.7. The van der Waals surface area contributed by atoms with E-state index in [0.29, 0.717) is 18.7 Å². The van der Waals surface area contributed by atoms with Gasteiger partial charge in [0.05, 0.1) is 27.0 Å². The third kappa shape index (κ3) is 3.47. The van der Waals surface area contributed by atoms with Crippen LogP contribution in [0.15, 0.2) is 54.6 Å². The smallest absolute Gasteiger partial charge is 0.274 e. The van der Waals surface area contributed by atoms with Gasteiger partial charge in [0.15, 0.2) is 0 Å². The van der Waals surface area contributed by atoms with E-state index in [-0.39, 0.29) is 11.9 Å². The summed E-state index contributed by atoms with van der Waals surface area (Å²) in [4.78, 5) is 29.4. The number of H-pyrrole nitrogens is 1. The van der Waals surface area contributed by atoms with Crippen LogP contribution in [0.3, 0.4) is 0 Å². The molecule has 0 bridgehead atoms. The topological polar surface area (TPSA) is 61.9 Å². The number of aromatic nitrogens is 3. The minimum absolute atomic E-state index is 0.0679. The summed E-state index contributed by atoms with van der Waals surface area (Å²) >= 11 is 1.56. The number of hydrogen-bond donors (Lipinski definition) is 1. The van der Waals surface area contributed by atoms with Crippen molar-refractivity contribution < 1.29 is 4.79 Å². The number of hydrogen-bond acceptors (Lipinski definition) is 4. The minimum Gasteiger partial charge on any atom is -0.340 e. The highest BCUT2D eigenvalue weighted by Gasteiger charge is 2.36. The van der Waals surface area contributed by atoms with Gasteiger partial charge in [-0.2, -0.15) is 0 Å². The van der Waals surface area contributed by atoms with Crippen LogP contribution in [0.4, 0.5) is 0 Å². The number of thiazole rings is 1. The molecule has 3 heterocycles. The fourth-order valence-electron chi connectivity index (χ4n) is 4.30. The first-order valence-electron chi connectivity index (χ1n) is 10.4. The summed E-state index contributed by atoms with van der Waals surface area (Å²) in [5, 5.41) is 0.883. The van der Waals surface area contributed by atoms with Crippen LogP contribution in [-0.2, 0) is 0 Å². The molecule has 1 aliphatic heterocycles. The zero-order chi connectivity index (χ0) is 21.7. The number of benzene rings is 2. The van der Waals surface area contributed by atoms with Gasteiger partial charge in [-0.05, 0) is 44.4 Å². The molecule has 0 spiro atoms. The van der Waals surface area contributed by atoms with Crippen molar-refractivity contribution in [3.63, 3.8) is 0 Å². The van der Waals surface area contributed by atoms with E-state index in [4.69, 9.17) is 4.98 Å². The molecule has 1 amide bonds. The zero-order valence-corrected chi connectivity index (χ0v) is 18.7. The number of para-hydroxylation sites is 1. The molecule has 1 N–H and O–H groups in total. The van der Waals surface area contributed by atoms with Crippen LogP contribution in [0.5, 0.6) is 0 Å².